The maximum Gasteiger partial charge on any atom is 0.391 e. The molecule has 2 atom stereocenters. The van der Waals surface area contributed by atoms with Gasteiger partial charge < -0.3 is 11.1 Å². The Morgan fingerprint density at radius 3 is 2.50 bits per heavy atom. The molecule has 0 heterocycles. The second-order valence-corrected chi connectivity index (χ2v) is 5.27. The maximum atomic E-state index is 12.9. The molecule has 1 amide bonds. The van der Waals surface area contributed by atoms with E-state index in [1.54, 1.807) is 30.3 Å². The molecule has 0 bridgehead atoms. The summed E-state index contributed by atoms with van der Waals surface area (Å²) in [6.07, 6.45) is -3.90. The van der Waals surface area contributed by atoms with Gasteiger partial charge in [-0.3, -0.25) is 4.79 Å². The molecule has 2 rings (SSSR count). The molecule has 1 aliphatic carbocycles. The summed E-state index contributed by atoms with van der Waals surface area (Å²) in [5.74, 6) is -2.21. The lowest BCUT2D eigenvalue weighted by molar-refractivity contribution is -0.186. The Morgan fingerprint density at radius 2 is 1.95 bits per heavy atom. The van der Waals surface area contributed by atoms with E-state index in [2.05, 4.69) is 5.32 Å². The third-order valence-corrected chi connectivity index (χ3v) is 3.84. The first-order valence-corrected chi connectivity index (χ1v) is 6.53. The maximum absolute atomic E-state index is 12.9. The fourth-order valence-corrected chi connectivity index (χ4v) is 2.75. The molecular weight excluding hydrogens is 269 g/mol. The number of anilines is 1. The summed E-state index contributed by atoms with van der Waals surface area (Å²) >= 11 is 0. The van der Waals surface area contributed by atoms with Gasteiger partial charge >= 0.3 is 6.18 Å². The monoisotopic (exact) mass is 286 g/mol. The van der Waals surface area contributed by atoms with Gasteiger partial charge in [-0.25, -0.2) is 0 Å². The fraction of sp³-hybridized carbons (Fsp3) is 0.500. The number of rotatable bonds is 3. The van der Waals surface area contributed by atoms with Crippen LogP contribution in [0.15, 0.2) is 30.3 Å². The molecule has 0 aliphatic heterocycles. The van der Waals surface area contributed by atoms with Gasteiger partial charge in [-0.15, -0.1) is 0 Å². The molecule has 20 heavy (non-hydrogen) atoms. The molecule has 1 aromatic carbocycles. The number of nitrogens with one attached hydrogen (secondary N) is 1. The minimum atomic E-state index is -4.29. The summed E-state index contributed by atoms with van der Waals surface area (Å²) in [7, 11) is 0. The Balaban J connectivity index is 2.24. The van der Waals surface area contributed by atoms with Crippen LogP contribution in [0.4, 0.5) is 18.9 Å². The first kappa shape index (κ1) is 14.7. The zero-order valence-corrected chi connectivity index (χ0v) is 10.9. The lowest BCUT2D eigenvalue weighted by atomic mass is 9.74. The lowest BCUT2D eigenvalue weighted by Crippen LogP contribution is -2.55. The van der Waals surface area contributed by atoms with Gasteiger partial charge in [-0.2, -0.15) is 13.2 Å². The van der Waals surface area contributed by atoms with E-state index < -0.39 is 23.5 Å². The van der Waals surface area contributed by atoms with Crippen LogP contribution in [0.1, 0.15) is 25.7 Å². The van der Waals surface area contributed by atoms with E-state index in [9.17, 15) is 18.0 Å². The number of primary amides is 1. The zero-order valence-electron chi connectivity index (χ0n) is 10.9. The van der Waals surface area contributed by atoms with E-state index in [4.69, 9.17) is 5.73 Å². The summed E-state index contributed by atoms with van der Waals surface area (Å²) in [5, 5.41) is 2.92. The normalized spacial score (nSPS) is 27.1. The molecule has 0 radical (unpaired) electrons. The van der Waals surface area contributed by atoms with Crippen molar-refractivity contribution < 1.29 is 18.0 Å². The van der Waals surface area contributed by atoms with Crippen LogP contribution in [0, 0.1) is 5.92 Å². The van der Waals surface area contributed by atoms with E-state index in [0.717, 1.165) is 0 Å². The Labute approximate surface area is 115 Å². The minimum absolute atomic E-state index is 0.0506. The number of benzene rings is 1. The number of hydrogen-bond donors (Lipinski definition) is 2. The third-order valence-electron chi connectivity index (χ3n) is 3.84. The molecule has 3 N–H and O–H groups in total. The number of alkyl halides is 3. The molecule has 0 aromatic heterocycles. The number of amides is 1. The van der Waals surface area contributed by atoms with Gasteiger partial charge in [0, 0.05) is 5.69 Å². The van der Waals surface area contributed by atoms with Crippen LogP contribution in [0.3, 0.4) is 0 Å². The van der Waals surface area contributed by atoms with E-state index in [1.807, 2.05) is 0 Å². The standard InChI is InChI=1S/C14H17F3N2O/c15-14(16,17)10-5-4-8-13(9-10,12(18)20)19-11-6-2-1-3-7-11/h1-3,6-7,10,19H,4-5,8-9H2,(H2,18,20). The van der Waals surface area contributed by atoms with Crippen molar-refractivity contribution in [2.75, 3.05) is 5.32 Å². The second-order valence-electron chi connectivity index (χ2n) is 5.27. The van der Waals surface area contributed by atoms with E-state index in [0.29, 0.717) is 18.5 Å². The van der Waals surface area contributed by atoms with Crippen molar-refractivity contribution in [2.24, 2.45) is 11.7 Å². The van der Waals surface area contributed by atoms with Crippen LogP contribution < -0.4 is 11.1 Å². The van der Waals surface area contributed by atoms with Crippen LogP contribution in [0.5, 0.6) is 0 Å². The van der Waals surface area contributed by atoms with Crippen molar-refractivity contribution in [3.8, 4) is 0 Å². The third kappa shape index (κ3) is 3.05. The minimum Gasteiger partial charge on any atom is -0.371 e. The van der Waals surface area contributed by atoms with Gasteiger partial charge in [0.15, 0.2) is 0 Å². The average Bonchev–Trinajstić information content (AvgIpc) is 2.39. The van der Waals surface area contributed by atoms with Gasteiger partial charge in [0.05, 0.1) is 5.92 Å². The molecule has 3 nitrogen and oxygen atoms in total. The predicted molar refractivity (Wildman–Crippen MR) is 70.0 cm³/mol. The highest BCUT2D eigenvalue weighted by Gasteiger charge is 2.50. The molecule has 1 fully saturated rings. The van der Waals surface area contributed by atoms with Gasteiger partial charge in [-0.1, -0.05) is 18.2 Å². The predicted octanol–water partition coefficient (Wildman–Crippen LogP) is 3.08. The number of carbonyl (C=O) groups is 1. The summed E-state index contributed by atoms with van der Waals surface area (Å²) in [6, 6.07) is 8.72. The molecule has 1 aliphatic rings. The molecule has 6 heteroatoms. The number of carbonyl (C=O) groups excluding carboxylic acids is 1. The van der Waals surface area contributed by atoms with Gasteiger partial charge in [0.1, 0.15) is 5.54 Å². The fourth-order valence-electron chi connectivity index (χ4n) is 2.75. The van der Waals surface area contributed by atoms with Crippen LogP contribution in [-0.4, -0.2) is 17.6 Å². The van der Waals surface area contributed by atoms with E-state index >= 15 is 0 Å². The SMILES string of the molecule is NC(=O)C1(Nc2ccccc2)CCCC(C(F)(F)F)C1. The molecule has 110 valence electrons. The average molecular weight is 286 g/mol. The Hall–Kier alpha value is -1.72. The van der Waals surface area contributed by atoms with Gasteiger partial charge in [0.2, 0.25) is 5.91 Å². The van der Waals surface area contributed by atoms with Crippen LogP contribution in [0.2, 0.25) is 0 Å². The van der Waals surface area contributed by atoms with E-state index in [-0.39, 0.29) is 12.8 Å². The summed E-state index contributed by atoms with van der Waals surface area (Å²) in [6.45, 7) is 0. The highest BCUT2D eigenvalue weighted by atomic mass is 19.4. The van der Waals surface area contributed by atoms with Gasteiger partial charge in [-0.05, 0) is 37.8 Å². The number of hydrogen-bond acceptors (Lipinski definition) is 2. The highest BCUT2D eigenvalue weighted by molar-refractivity contribution is 5.88. The van der Waals surface area contributed by atoms with Crippen LogP contribution in [-0.2, 0) is 4.79 Å². The molecular formula is C14H17F3N2O. The first-order valence-electron chi connectivity index (χ1n) is 6.53. The highest BCUT2D eigenvalue weighted by Crippen LogP contribution is 2.42. The summed E-state index contributed by atoms with van der Waals surface area (Å²) in [5.41, 5.74) is 4.67. The Morgan fingerprint density at radius 1 is 1.30 bits per heavy atom. The molecule has 2 unspecified atom stereocenters. The van der Waals surface area contributed by atoms with Crippen molar-refractivity contribution in [2.45, 2.75) is 37.4 Å². The topological polar surface area (TPSA) is 55.1 Å². The largest absolute Gasteiger partial charge is 0.391 e. The number of nitrogens with two attached hydrogens (primary N) is 1. The van der Waals surface area contributed by atoms with Crippen molar-refractivity contribution >= 4 is 11.6 Å². The van der Waals surface area contributed by atoms with Crippen LogP contribution >= 0.6 is 0 Å². The van der Waals surface area contributed by atoms with Crippen LogP contribution in [0.25, 0.3) is 0 Å². The van der Waals surface area contributed by atoms with Gasteiger partial charge in [0.25, 0.3) is 0 Å². The number of para-hydroxylation sites is 1. The summed E-state index contributed by atoms with van der Waals surface area (Å²) in [4.78, 5) is 11.7. The lowest BCUT2D eigenvalue weighted by Gasteiger charge is -2.40. The van der Waals surface area contributed by atoms with Crippen molar-refractivity contribution in [3.05, 3.63) is 30.3 Å². The smallest absolute Gasteiger partial charge is 0.371 e. The first-order chi connectivity index (χ1) is 9.33. The Kier molecular flexibility index (Phi) is 3.92. The molecule has 1 saturated carbocycles. The van der Waals surface area contributed by atoms with Crippen molar-refractivity contribution in [1.29, 1.82) is 0 Å². The molecule has 1 aromatic rings. The van der Waals surface area contributed by atoms with Crippen molar-refractivity contribution in [3.63, 3.8) is 0 Å². The summed E-state index contributed by atoms with van der Waals surface area (Å²) < 4.78 is 38.7. The quantitative estimate of drug-likeness (QED) is 0.897. The van der Waals surface area contributed by atoms with Crippen molar-refractivity contribution in [1.82, 2.24) is 0 Å². The second kappa shape index (κ2) is 5.34. The Bertz CT molecular complexity index is 475. The number of halogens is 3. The van der Waals surface area contributed by atoms with E-state index in [1.165, 1.54) is 0 Å². The molecule has 0 spiro atoms. The zero-order chi connectivity index (χ0) is 14.8. The molecule has 0 saturated heterocycles.